The molecule has 0 fully saturated rings. The first-order valence-electron chi connectivity index (χ1n) is 10.0. The number of aromatic nitrogens is 4. The number of alkyl halides is 5. The van der Waals surface area contributed by atoms with Gasteiger partial charge in [-0.3, -0.25) is 9.78 Å². The number of rotatable bonds is 6. The Kier molecular flexibility index (Phi) is 6.20. The molecule has 0 atom stereocenters. The molecule has 3 aromatic heterocycles. The van der Waals surface area contributed by atoms with E-state index in [9.17, 15) is 26.7 Å². The van der Waals surface area contributed by atoms with Gasteiger partial charge in [0.15, 0.2) is 5.82 Å². The summed E-state index contributed by atoms with van der Waals surface area (Å²) in [6.07, 6.45) is -0.610. The minimum atomic E-state index is -4.83. The van der Waals surface area contributed by atoms with E-state index in [1.807, 2.05) is 0 Å². The summed E-state index contributed by atoms with van der Waals surface area (Å²) in [5.74, 6) is -4.21. The number of halogens is 5. The van der Waals surface area contributed by atoms with Crippen LogP contribution in [0, 0.1) is 0 Å². The molecule has 3 heterocycles. The first-order valence-corrected chi connectivity index (χ1v) is 10.0. The predicted octanol–water partition coefficient (Wildman–Crippen LogP) is 5.59. The van der Waals surface area contributed by atoms with Gasteiger partial charge in [-0.2, -0.15) is 13.9 Å². The first kappa shape index (κ1) is 23.8. The fourth-order valence-corrected chi connectivity index (χ4v) is 3.11. The average Bonchev–Trinajstić information content (AvgIpc) is 3.26. The summed E-state index contributed by atoms with van der Waals surface area (Å²) >= 11 is 0. The van der Waals surface area contributed by atoms with E-state index >= 15 is 0 Å². The zero-order valence-electron chi connectivity index (χ0n) is 17.9. The van der Waals surface area contributed by atoms with Crippen LogP contribution in [0.3, 0.4) is 0 Å². The Morgan fingerprint density at radius 2 is 1.74 bits per heavy atom. The molecule has 0 aliphatic rings. The van der Waals surface area contributed by atoms with Crippen molar-refractivity contribution in [3.05, 3.63) is 84.4 Å². The van der Waals surface area contributed by atoms with Crippen molar-refractivity contribution in [2.45, 2.75) is 19.2 Å². The van der Waals surface area contributed by atoms with Gasteiger partial charge in [-0.1, -0.05) is 0 Å². The minimum absolute atomic E-state index is 0.0573. The van der Waals surface area contributed by atoms with Crippen molar-refractivity contribution in [1.82, 2.24) is 19.7 Å². The summed E-state index contributed by atoms with van der Waals surface area (Å²) in [7, 11) is 0. The topological polar surface area (TPSA) is 81.9 Å². The van der Waals surface area contributed by atoms with Gasteiger partial charge in [0.2, 0.25) is 0 Å². The number of amides is 1. The second-order valence-corrected chi connectivity index (χ2v) is 7.39. The highest BCUT2D eigenvalue weighted by molar-refractivity contribution is 6.04. The molecule has 0 bridgehead atoms. The second-order valence-electron chi connectivity index (χ2n) is 7.39. The van der Waals surface area contributed by atoms with Gasteiger partial charge in [0.25, 0.3) is 11.8 Å². The molecule has 180 valence electrons. The molecule has 12 heteroatoms. The van der Waals surface area contributed by atoms with Gasteiger partial charge in [-0.15, -0.1) is 13.2 Å². The maximum atomic E-state index is 14.3. The lowest BCUT2D eigenvalue weighted by Crippen LogP contribution is -2.17. The van der Waals surface area contributed by atoms with Crippen LogP contribution in [-0.2, 0) is 5.92 Å². The third-order valence-corrected chi connectivity index (χ3v) is 4.69. The third-order valence-electron chi connectivity index (χ3n) is 4.69. The summed E-state index contributed by atoms with van der Waals surface area (Å²) in [6.45, 7) is 0.736. The number of hydrogen-bond donors (Lipinski definition) is 1. The van der Waals surface area contributed by atoms with E-state index in [1.54, 1.807) is 18.3 Å². The van der Waals surface area contributed by atoms with Gasteiger partial charge >= 0.3 is 6.36 Å². The van der Waals surface area contributed by atoms with Crippen LogP contribution in [0.25, 0.3) is 17.1 Å². The van der Waals surface area contributed by atoms with Crippen LogP contribution in [0.15, 0.2) is 73.2 Å². The van der Waals surface area contributed by atoms with Crippen LogP contribution < -0.4 is 10.1 Å². The standard InChI is InChI=1S/C23H16F5N5O2/c1-22(24,25)19-11-18(14-3-2-10-29-12-14)32-33(19)20-9-4-15(13-30-20)21(34)31-16-5-7-17(8-6-16)35-23(26,27)28/h2-13H,1H3,(H,31,34). The van der Waals surface area contributed by atoms with E-state index in [-0.39, 0.29) is 22.8 Å². The molecule has 4 aromatic rings. The summed E-state index contributed by atoms with van der Waals surface area (Å²) in [4.78, 5) is 20.5. The molecule has 0 aliphatic carbocycles. The molecule has 7 nitrogen and oxygen atoms in total. The number of nitrogens with zero attached hydrogens (tertiary/aromatic N) is 4. The lowest BCUT2D eigenvalue weighted by atomic mass is 10.2. The van der Waals surface area contributed by atoms with E-state index in [4.69, 9.17) is 0 Å². The number of anilines is 1. The highest BCUT2D eigenvalue weighted by atomic mass is 19.4. The first-order chi connectivity index (χ1) is 16.5. The number of benzene rings is 1. The second kappa shape index (κ2) is 9.12. The van der Waals surface area contributed by atoms with Crippen LogP contribution in [-0.4, -0.2) is 32.0 Å². The number of carbonyl (C=O) groups excluding carboxylic acids is 1. The number of carbonyl (C=O) groups is 1. The van der Waals surface area contributed by atoms with E-state index in [2.05, 4.69) is 25.1 Å². The molecule has 0 saturated carbocycles. The molecular formula is C23H16F5N5O2. The van der Waals surface area contributed by atoms with Crippen molar-refractivity contribution in [2.24, 2.45) is 0 Å². The molecule has 4 rings (SSSR count). The number of ether oxygens (including phenoxy) is 1. The van der Waals surface area contributed by atoms with Crippen LogP contribution in [0.1, 0.15) is 23.0 Å². The summed E-state index contributed by atoms with van der Waals surface area (Å²) in [5.41, 5.74) is 0.723. The summed E-state index contributed by atoms with van der Waals surface area (Å²) < 4.78 is 70.1. The summed E-state index contributed by atoms with van der Waals surface area (Å²) in [5, 5.41) is 6.74. The van der Waals surface area contributed by atoms with Gasteiger partial charge in [0.05, 0.1) is 11.3 Å². The Morgan fingerprint density at radius 1 is 1.00 bits per heavy atom. The number of pyridine rings is 2. The predicted molar refractivity (Wildman–Crippen MR) is 115 cm³/mol. The molecule has 35 heavy (non-hydrogen) atoms. The molecule has 0 unspecified atom stereocenters. The van der Waals surface area contributed by atoms with Crippen molar-refractivity contribution in [3.8, 4) is 22.8 Å². The van der Waals surface area contributed by atoms with Crippen molar-refractivity contribution in [1.29, 1.82) is 0 Å². The van der Waals surface area contributed by atoms with Crippen LogP contribution >= 0.6 is 0 Å². The van der Waals surface area contributed by atoms with Crippen LogP contribution in [0.4, 0.5) is 27.6 Å². The highest BCUT2D eigenvalue weighted by Crippen LogP contribution is 2.32. The molecule has 0 radical (unpaired) electrons. The maximum absolute atomic E-state index is 14.3. The Hall–Kier alpha value is -4.35. The lowest BCUT2D eigenvalue weighted by molar-refractivity contribution is -0.274. The molecular weight excluding hydrogens is 473 g/mol. The van der Waals surface area contributed by atoms with Gasteiger partial charge in [-0.05, 0) is 54.6 Å². The van der Waals surface area contributed by atoms with Crippen molar-refractivity contribution in [3.63, 3.8) is 0 Å². The van der Waals surface area contributed by atoms with Crippen molar-refractivity contribution < 1.29 is 31.5 Å². The summed E-state index contributed by atoms with van der Waals surface area (Å²) in [6, 6.07) is 11.9. The lowest BCUT2D eigenvalue weighted by Gasteiger charge is -2.13. The average molecular weight is 489 g/mol. The van der Waals surface area contributed by atoms with Gasteiger partial charge < -0.3 is 10.1 Å². The quantitative estimate of drug-likeness (QED) is 0.357. The zero-order valence-corrected chi connectivity index (χ0v) is 17.9. The molecule has 1 aromatic carbocycles. The van der Waals surface area contributed by atoms with Crippen molar-refractivity contribution in [2.75, 3.05) is 5.32 Å². The fraction of sp³-hybridized carbons (Fsp3) is 0.130. The van der Waals surface area contributed by atoms with Crippen LogP contribution in [0.2, 0.25) is 0 Å². The van der Waals surface area contributed by atoms with E-state index in [1.165, 1.54) is 42.7 Å². The van der Waals surface area contributed by atoms with Crippen molar-refractivity contribution >= 4 is 11.6 Å². The SMILES string of the molecule is CC(F)(F)c1cc(-c2cccnc2)nn1-c1ccc(C(=O)Nc2ccc(OC(F)(F)F)cc2)cn1. The normalized spacial score (nSPS) is 11.8. The monoisotopic (exact) mass is 489 g/mol. The Bertz CT molecular complexity index is 1320. The van der Waals surface area contributed by atoms with E-state index in [0.29, 0.717) is 5.56 Å². The zero-order chi connectivity index (χ0) is 25.2. The van der Waals surface area contributed by atoms with E-state index in [0.717, 1.165) is 23.7 Å². The van der Waals surface area contributed by atoms with E-state index < -0.39 is 29.6 Å². The Balaban J connectivity index is 1.54. The maximum Gasteiger partial charge on any atom is 0.573 e. The van der Waals surface area contributed by atoms with Crippen LogP contribution in [0.5, 0.6) is 5.75 Å². The molecule has 0 aliphatic heterocycles. The highest BCUT2D eigenvalue weighted by Gasteiger charge is 2.32. The Morgan fingerprint density at radius 3 is 2.31 bits per heavy atom. The number of nitrogens with one attached hydrogen (secondary N) is 1. The molecule has 1 amide bonds. The van der Waals surface area contributed by atoms with Gasteiger partial charge in [-0.25, -0.2) is 9.67 Å². The van der Waals surface area contributed by atoms with Gasteiger partial charge in [0.1, 0.15) is 11.4 Å². The third kappa shape index (κ3) is 5.78. The molecule has 0 spiro atoms. The minimum Gasteiger partial charge on any atom is -0.406 e. The smallest absolute Gasteiger partial charge is 0.406 e. The largest absolute Gasteiger partial charge is 0.573 e. The Labute approximate surface area is 195 Å². The molecule has 0 saturated heterocycles. The number of hydrogen-bond acceptors (Lipinski definition) is 5. The molecule has 1 N–H and O–H groups in total. The van der Waals surface area contributed by atoms with Gasteiger partial charge in [0, 0.05) is 36.8 Å². The fourth-order valence-electron chi connectivity index (χ4n) is 3.11.